The molecule has 0 aliphatic rings. The summed E-state index contributed by atoms with van der Waals surface area (Å²) in [5, 5.41) is 6.12. The van der Waals surface area contributed by atoms with Crippen molar-refractivity contribution in [2.24, 2.45) is 0 Å². The van der Waals surface area contributed by atoms with Gasteiger partial charge in [0.15, 0.2) is 11.5 Å². The van der Waals surface area contributed by atoms with E-state index in [4.69, 9.17) is 14.2 Å². The highest BCUT2D eigenvalue weighted by molar-refractivity contribution is 5.86. The Labute approximate surface area is 154 Å². The molecule has 0 fully saturated rings. The van der Waals surface area contributed by atoms with E-state index in [1.165, 1.54) is 16.3 Å². The minimum absolute atomic E-state index is 0.193. The third kappa shape index (κ3) is 3.60. The van der Waals surface area contributed by atoms with E-state index in [9.17, 15) is 0 Å². The fourth-order valence-corrected chi connectivity index (χ4v) is 3.23. The first-order valence-electron chi connectivity index (χ1n) is 8.67. The van der Waals surface area contributed by atoms with Crippen molar-refractivity contribution < 1.29 is 14.2 Å². The van der Waals surface area contributed by atoms with Crippen molar-refractivity contribution in [3.63, 3.8) is 0 Å². The van der Waals surface area contributed by atoms with Crippen molar-refractivity contribution in [1.82, 2.24) is 5.32 Å². The minimum Gasteiger partial charge on any atom is -0.496 e. The molecular formula is C22H25NO3. The number of hydrogen-bond acceptors (Lipinski definition) is 4. The third-order valence-electron chi connectivity index (χ3n) is 4.68. The summed E-state index contributed by atoms with van der Waals surface area (Å²) in [5.41, 5.74) is 2.31. The minimum atomic E-state index is 0.193. The number of benzene rings is 3. The van der Waals surface area contributed by atoms with Crippen LogP contribution in [0.5, 0.6) is 17.2 Å². The lowest BCUT2D eigenvalue weighted by Gasteiger charge is -2.19. The van der Waals surface area contributed by atoms with Gasteiger partial charge < -0.3 is 19.5 Å². The first-order chi connectivity index (χ1) is 12.7. The topological polar surface area (TPSA) is 39.7 Å². The molecule has 3 aromatic carbocycles. The standard InChI is InChI=1S/C22H25NO3/c1-15(18-11-7-9-16-8-5-6-10-19(16)18)23-14-17-12-21(25-3)22(26-4)13-20(17)24-2/h5-13,15,23H,14H2,1-4H3/t15-/m1/s1. The van der Waals surface area contributed by atoms with E-state index < -0.39 is 0 Å². The number of nitrogens with one attached hydrogen (secondary N) is 1. The largest absolute Gasteiger partial charge is 0.496 e. The normalized spacial score (nSPS) is 12.0. The highest BCUT2D eigenvalue weighted by atomic mass is 16.5. The predicted octanol–water partition coefficient (Wildman–Crippen LogP) is 4.72. The zero-order chi connectivity index (χ0) is 18.5. The van der Waals surface area contributed by atoms with Gasteiger partial charge in [0.25, 0.3) is 0 Å². The molecule has 136 valence electrons. The van der Waals surface area contributed by atoms with E-state index >= 15 is 0 Å². The van der Waals surface area contributed by atoms with Gasteiger partial charge >= 0.3 is 0 Å². The molecule has 0 radical (unpaired) electrons. The van der Waals surface area contributed by atoms with Gasteiger partial charge in [0.2, 0.25) is 0 Å². The van der Waals surface area contributed by atoms with E-state index in [1.54, 1.807) is 21.3 Å². The smallest absolute Gasteiger partial charge is 0.164 e. The van der Waals surface area contributed by atoms with Gasteiger partial charge in [-0.15, -0.1) is 0 Å². The number of methoxy groups -OCH3 is 3. The molecule has 0 aromatic heterocycles. The van der Waals surface area contributed by atoms with Crippen LogP contribution in [0.15, 0.2) is 54.6 Å². The highest BCUT2D eigenvalue weighted by Gasteiger charge is 2.14. The van der Waals surface area contributed by atoms with Gasteiger partial charge in [-0.1, -0.05) is 42.5 Å². The molecule has 0 spiro atoms. The van der Waals surface area contributed by atoms with Crippen LogP contribution in [-0.2, 0) is 6.54 Å². The Morgan fingerprint density at radius 2 is 1.46 bits per heavy atom. The van der Waals surface area contributed by atoms with Crippen LogP contribution in [-0.4, -0.2) is 21.3 Å². The molecule has 4 nitrogen and oxygen atoms in total. The molecule has 0 saturated carbocycles. The SMILES string of the molecule is COc1cc(OC)c(OC)cc1CN[C@H](C)c1cccc2ccccc12. The first-order valence-corrected chi connectivity index (χ1v) is 8.67. The Morgan fingerprint density at radius 1 is 0.808 bits per heavy atom. The summed E-state index contributed by atoms with van der Waals surface area (Å²) in [4.78, 5) is 0. The first kappa shape index (κ1) is 18.1. The molecule has 0 amide bonds. The molecule has 3 aromatic rings. The van der Waals surface area contributed by atoms with Gasteiger partial charge in [-0.2, -0.15) is 0 Å². The monoisotopic (exact) mass is 351 g/mol. The number of fused-ring (bicyclic) bond motifs is 1. The maximum absolute atomic E-state index is 5.52. The number of hydrogen-bond donors (Lipinski definition) is 1. The van der Waals surface area contributed by atoms with E-state index in [0.717, 1.165) is 11.3 Å². The zero-order valence-electron chi connectivity index (χ0n) is 15.7. The van der Waals surface area contributed by atoms with Crippen molar-refractivity contribution in [2.45, 2.75) is 19.5 Å². The summed E-state index contributed by atoms with van der Waals surface area (Å²) in [6.45, 7) is 2.84. The molecule has 0 saturated heterocycles. The molecule has 4 heteroatoms. The second-order valence-electron chi connectivity index (χ2n) is 6.19. The van der Waals surface area contributed by atoms with E-state index in [0.29, 0.717) is 18.0 Å². The third-order valence-corrected chi connectivity index (χ3v) is 4.68. The summed E-state index contributed by atoms with van der Waals surface area (Å²) in [7, 11) is 4.93. The Kier molecular flexibility index (Phi) is 5.64. The Morgan fingerprint density at radius 3 is 2.19 bits per heavy atom. The Balaban J connectivity index is 1.84. The second kappa shape index (κ2) is 8.11. The Hall–Kier alpha value is -2.72. The van der Waals surface area contributed by atoms with Crippen LogP contribution in [0.3, 0.4) is 0 Å². The molecule has 0 aliphatic heterocycles. The van der Waals surface area contributed by atoms with Gasteiger partial charge in [0.05, 0.1) is 21.3 Å². The van der Waals surface area contributed by atoms with Crippen LogP contribution in [0.1, 0.15) is 24.1 Å². The van der Waals surface area contributed by atoms with Crippen LogP contribution >= 0.6 is 0 Å². The van der Waals surface area contributed by atoms with E-state index in [2.05, 4.69) is 54.7 Å². The van der Waals surface area contributed by atoms with Crippen molar-refractivity contribution in [3.05, 3.63) is 65.7 Å². The second-order valence-corrected chi connectivity index (χ2v) is 6.19. The van der Waals surface area contributed by atoms with Crippen molar-refractivity contribution in [3.8, 4) is 17.2 Å². The lowest BCUT2D eigenvalue weighted by Crippen LogP contribution is -2.19. The molecule has 0 heterocycles. The summed E-state index contributed by atoms with van der Waals surface area (Å²) in [5.74, 6) is 2.14. The molecule has 26 heavy (non-hydrogen) atoms. The van der Waals surface area contributed by atoms with Crippen LogP contribution in [0.2, 0.25) is 0 Å². The van der Waals surface area contributed by atoms with E-state index in [-0.39, 0.29) is 6.04 Å². The lowest BCUT2D eigenvalue weighted by molar-refractivity contribution is 0.346. The van der Waals surface area contributed by atoms with Gasteiger partial charge in [0, 0.05) is 24.2 Å². The van der Waals surface area contributed by atoms with Gasteiger partial charge in [-0.05, 0) is 29.3 Å². The fourth-order valence-electron chi connectivity index (χ4n) is 3.23. The van der Waals surface area contributed by atoms with Crippen LogP contribution < -0.4 is 19.5 Å². The molecular weight excluding hydrogens is 326 g/mol. The average molecular weight is 351 g/mol. The summed E-state index contributed by atoms with van der Waals surface area (Å²) < 4.78 is 16.3. The van der Waals surface area contributed by atoms with Gasteiger partial charge in [0.1, 0.15) is 5.75 Å². The van der Waals surface area contributed by atoms with Crippen molar-refractivity contribution in [2.75, 3.05) is 21.3 Å². The fraction of sp³-hybridized carbons (Fsp3) is 0.273. The maximum Gasteiger partial charge on any atom is 0.164 e. The van der Waals surface area contributed by atoms with E-state index in [1.807, 2.05) is 12.1 Å². The summed E-state index contributed by atoms with van der Waals surface area (Å²) in [6, 6.07) is 18.9. The van der Waals surface area contributed by atoms with Crippen molar-refractivity contribution >= 4 is 10.8 Å². The van der Waals surface area contributed by atoms with Gasteiger partial charge in [-0.3, -0.25) is 0 Å². The molecule has 0 aliphatic carbocycles. The zero-order valence-corrected chi connectivity index (χ0v) is 15.7. The van der Waals surface area contributed by atoms with Crippen LogP contribution in [0.4, 0.5) is 0 Å². The number of rotatable bonds is 7. The maximum atomic E-state index is 5.52. The van der Waals surface area contributed by atoms with Crippen LogP contribution in [0.25, 0.3) is 10.8 Å². The van der Waals surface area contributed by atoms with Crippen molar-refractivity contribution in [1.29, 1.82) is 0 Å². The number of ether oxygens (including phenoxy) is 3. The summed E-state index contributed by atoms with van der Waals surface area (Å²) in [6.07, 6.45) is 0. The molecule has 3 rings (SSSR count). The van der Waals surface area contributed by atoms with Crippen LogP contribution in [0, 0.1) is 0 Å². The highest BCUT2D eigenvalue weighted by Crippen LogP contribution is 2.35. The molecule has 0 bridgehead atoms. The molecule has 1 atom stereocenters. The molecule has 1 N–H and O–H groups in total. The summed E-state index contributed by atoms with van der Waals surface area (Å²) >= 11 is 0. The quantitative estimate of drug-likeness (QED) is 0.669. The van der Waals surface area contributed by atoms with Gasteiger partial charge in [-0.25, -0.2) is 0 Å². The molecule has 0 unspecified atom stereocenters. The lowest BCUT2D eigenvalue weighted by atomic mass is 9.99. The average Bonchev–Trinajstić information content (AvgIpc) is 2.70. The Bertz CT molecular complexity index is 886. The predicted molar refractivity (Wildman–Crippen MR) is 105 cm³/mol.